The van der Waals surface area contributed by atoms with Crippen LogP contribution in [0, 0.1) is 11.3 Å². The van der Waals surface area contributed by atoms with Crippen LogP contribution in [0.5, 0.6) is 5.75 Å². The molecule has 1 atom stereocenters. The SMILES string of the molecule is N#Cc1ccc(CN2CC[C@@H](NC(=O)c3ccc(OC4CCN(c5ccc(C(F)(F)F)cc5)CC4)cn3)C2)cc1. The highest BCUT2D eigenvalue weighted by atomic mass is 19.4. The van der Waals surface area contributed by atoms with E-state index < -0.39 is 11.7 Å². The highest BCUT2D eigenvalue weighted by molar-refractivity contribution is 5.92. The van der Waals surface area contributed by atoms with Gasteiger partial charge in [0.1, 0.15) is 17.5 Å². The molecule has 2 aromatic carbocycles. The molecule has 2 fully saturated rings. The Morgan fingerprint density at radius 3 is 2.35 bits per heavy atom. The number of carbonyl (C=O) groups excluding carboxylic acids is 1. The zero-order valence-corrected chi connectivity index (χ0v) is 21.9. The molecule has 0 spiro atoms. The van der Waals surface area contributed by atoms with Gasteiger partial charge in [-0.1, -0.05) is 12.1 Å². The lowest BCUT2D eigenvalue weighted by Gasteiger charge is -2.33. The molecule has 40 heavy (non-hydrogen) atoms. The molecule has 208 valence electrons. The van der Waals surface area contributed by atoms with Gasteiger partial charge in [0.15, 0.2) is 0 Å². The lowest BCUT2D eigenvalue weighted by molar-refractivity contribution is -0.137. The fourth-order valence-corrected chi connectivity index (χ4v) is 5.17. The maximum atomic E-state index is 12.8. The third-order valence-electron chi connectivity index (χ3n) is 7.37. The van der Waals surface area contributed by atoms with Gasteiger partial charge in [-0.15, -0.1) is 0 Å². The van der Waals surface area contributed by atoms with Crippen LogP contribution in [0.15, 0.2) is 66.9 Å². The van der Waals surface area contributed by atoms with Crippen molar-refractivity contribution in [3.63, 3.8) is 0 Å². The van der Waals surface area contributed by atoms with Crippen molar-refractivity contribution in [2.24, 2.45) is 0 Å². The standard InChI is InChI=1S/C30H30F3N5O2/c31-30(32,33)23-5-7-25(8-6-23)38-15-12-26(13-16-38)40-27-9-10-28(35-18-27)29(39)36-24-11-14-37(20-24)19-22-3-1-21(17-34)2-4-22/h1-10,18,24,26H,11-16,19-20H2,(H,36,39)/t24-/m1/s1. The monoisotopic (exact) mass is 549 g/mol. The molecule has 1 amide bonds. The van der Waals surface area contributed by atoms with E-state index in [-0.39, 0.29) is 18.1 Å². The van der Waals surface area contributed by atoms with Crippen molar-refractivity contribution in [3.05, 3.63) is 89.2 Å². The van der Waals surface area contributed by atoms with Crippen molar-refractivity contribution in [2.45, 2.75) is 44.1 Å². The van der Waals surface area contributed by atoms with Crippen LogP contribution in [0.3, 0.4) is 0 Å². The van der Waals surface area contributed by atoms with Gasteiger partial charge >= 0.3 is 6.18 Å². The third kappa shape index (κ3) is 6.90. The average Bonchev–Trinajstić information content (AvgIpc) is 3.40. The molecule has 1 N–H and O–H groups in total. The molecule has 0 radical (unpaired) electrons. The van der Waals surface area contributed by atoms with E-state index in [1.807, 2.05) is 24.3 Å². The van der Waals surface area contributed by atoms with Gasteiger partial charge in [0, 0.05) is 57.3 Å². The summed E-state index contributed by atoms with van der Waals surface area (Å²) in [4.78, 5) is 21.4. The highest BCUT2D eigenvalue weighted by Gasteiger charge is 2.30. The van der Waals surface area contributed by atoms with Gasteiger partial charge in [0.05, 0.1) is 23.4 Å². The van der Waals surface area contributed by atoms with Crippen LogP contribution in [0.25, 0.3) is 0 Å². The number of nitriles is 1. The van der Waals surface area contributed by atoms with Gasteiger partial charge in [-0.3, -0.25) is 9.69 Å². The number of likely N-dealkylation sites (tertiary alicyclic amines) is 1. The van der Waals surface area contributed by atoms with E-state index in [9.17, 15) is 18.0 Å². The number of nitrogens with zero attached hydrogens (tertiary/aromatic N) is 4. The number of benzene rings is 2. The lowest BCUT2D eigenvalue weighted by Crippen LogP contribution is -2.38. The number of amides is 1. The molecule has 3 heterocycles. The van der Waals surface area contributed by atoms with Gasteiger partial charge in [-0.2, -0.15) is 18.4 Å². The molecule has 0 saturated carbocycles. The molecule has 7 nitrogen and oxygen atoms in total. The van der Waals surface area contributed by atoms with Gasteiger partial charge in [0.25, 0.3) is 5.91 Å². The summed E-state index contributed by atoms with van der Waals surface area (Å²) in [6.45, 7) is 3.74. The first-order valence-electron chi connectivity index (χ1n) is 13.3. The van der Waals surface area contributed by atoms with E-state index in [0.717, 1.165) is 62.3 Å². The molecule has 3 aromatic rings. The average molecular weight is 550 g/mol. The van der Waals surface area contributed by atoms with Crippen molar-refractivity contribution in [1.29, 1.82) is 5.26 Å². The third-order valence-corrected chi connectivity index (χ3v) is 7.37. The molecule has 0 unspecified atom stereocenters. The van der Waals surface area contributed by atoms with Gasteiger partial charge in [-0.25, -0.2) is 4.98 Å². The van der Waals surface area contributed by atoms with Crippen molar-refractivity contribution in [2.75, 3.05) is 31.1 Å². The second-order valence-corrected chi connectivity index (χ2v) is 10.2. The number of alkyl halides is 3. The summed E-state index contributed by atoms with van der Waals surface area (Å²) in [6, 6.07) is 18.4. The number of piperidine rings is 1. The van der Waals surface area contributed by atoms with E-state index in [1.54, 1.807) is 18.3 Å². The number of carbonyl (C=O) groups is 1. The van der Waals surface area contributed by atoms with E-state index in [0.29, 0.717) is 30.1 Å². The van der Waals surface area contributed by atoms with E-state index in [1.165, 1.54) is 12.1 Å². The zero-order chi connectivity index (χ0) is 28.1. The molecule has 2 aliphatic rings. The van der Waals surface area contributed by atoms with Crippen molar-refractivity contribution >= 4 is 11.6 Å². The number of halogens is 3. The van der Waals surface area contributed by atoms with E-state index >= 15 is 0 Å². The van der Waals surface area contributed by atoms with Crippen LogP contribution in [0.2, 0.25) is 0 Å². The highest BCUT2D eigenvalue weighted by Crippen LogP contribution is 2.31. The Balaban J connectivity index is 1.05. The summed E-state index contributed by atoms with van der Waals surface area (Å²) in [5, 5.41) is 12.0. The van der Waals surface area contributed by atoms with Crippen molar-refractivity contribution in [1.82, 2.24) is 15.2 Å². The van der Waals surface area contributed by atoms with Crippen LogP contribution in [-0.2, 0) is 12.7 Å². The quantitative estimate of drug-likeness (QED) is 0.446. The first-order valence-corrected chi connectivity index (χ1v) is 13.3. The van der Waals surface area contributed by atoms with Gasteiger partial charge in [0.2, 0.25) is 0 Å². The van der Waals surface area contributed by atoms with Crippen LogP contribution in [-0.4, -0.2) is 54.1 Å². The minimum absolute atomic E-state index is 0.0345. The number of pyridine rings is 1. The summed E-state index contributed by atoms with van der Waals surface area (Å²) < 4.78 is 44.5. The van der Waals surface area contributed by atoms with Gasteiger partial charge < -0.3 is 15.0 Å². The van der Waals surface area contributed by atoms with Crippen LogP contribution >= 0.6 is 0 Å². The lowest BCUT2D eigenvalue weighted by atomic mass is 10.1. The summed E-state index contributed by atoms with van der Waals surface area (Å²) in [5.41, 5.74) is 2.22. The fourth-order valence-electron chi connectivity index (χ4n) is 5.17. The van der Waals surface area contributed by atoms with Crippen molar-refractivity contribution in [3.8, 4) is 11.8 Å². The predicted molar refractivity (Wildman–Crippen MR) is 144 cm³/mol. The largest absolute Gasteiger partial charge is 0.489 e. The Bertz CT molecular complexity index is 1330. The Hall–Kier alpha value is -4.10. The Kier molecular flexibility index (Phi) is 8.21. The summed E-state index contributed by atoms with van der Waals surface area (Å²) in [5.74, 6) is 0.362. The molecular formula is C30H30F3N5O2. The summed E-state index contributed by atoms with van der Waals surface area (Å²) >= 11 is 0. The van der Waals surface area contributed by atoms with E-state index in [4.69, 9.17) is 10.00 Å². The second-order valence-electron chi connectivity index (χ2n) is 10.2. The van der Waals surface area contributed by atoms with Crippen LogP contribution in [0.1, 0.15) is 46.4 Å². The first-order chi connectivity index (χ1) is 19.3. The second kappa shape index (κ2) is 12.0. The number of hydrogen-bond donors (Lipinski definition) is 1. The molecule has 10 heteroatoms. The number of rotatable bonds is 7. The molecule has 0 aliphatic carbocycles. The minimum Gasteiger partial charge on any atom is -0.489 e. The zero-order valence-electron chi connectivity index (χ0n) is 21.9. The molecule has 2 saturated heterocycles. The summed E-state index contributed by atoms with van der Waals surface area (Å²) in [7, 11) is 0. The Morgan fingerprint density at radius 2 is 1.73 bits per heavy atom. The minimum atomic E-state index is -4.34. The number of nitrogens with one attached hydrogen (secondary N) is 1. The molecule has 2 aliphatic heterocycles. The fraction of sp³-hybridized carbons (Fsp3) is 0.367. The predicted octanol–water partition coefficient (Wildman–Crippen LogP) is 5.02. The Labute approximate surface area is 231 Å². The number of ether oxygens (including phenoxy) is 1. The molecule has 0 bridgehead atoms. The molecular weight excluding hydrogens is 519 g/mol. The molecule has 1 aromatic heterocycles. The first kappa shape index (κ1) is 27.5. The van der Waals surface area contributed by atoms with Crippen LogP contribution < -0.4 is 15.0 Å². The number of anilines is 1. The Morgan fingerprint density at radius 1 is 1.00 bits per heavy atom. The van der Waals surface area contributed by atoms with Crippen molar-refractivity contribution < 1.29 is 22.7 Å². The number of aromatic nitrogens is 1. The van der Waals surface area contributed by atoms with Crippen LogP contribution in [0.4, 0.5) is 18.9 Å². The molecule has 5 rings (SSSR count). The normalized spacial score (nSPS) is 18.4. The van der Waals surface area contributed by atoms with E-state index in [2.05, 4.69) is 26.2 Å². The smallest absolute Gasteiger partial charge is 0.416 e. The maximum absolute atomic E-state index is 12.8. The maximum Gasteiger partial charge on any atom is 0.416 e. The topological polar surface area (TPSA) is 81.5 Å². The summed E-state index contributed by atoms with van der Waals surface area (Å²) in [6.07, 6.45) is -0.506. The number of hydrogen-bond acceptors (Lipinski definition) is 6. The van der Waals surface area contributed by atoms with Gasteiger partial charge in [-0.05, 0) is 60.5 Å².